The van der Waals surface area contributed by atoms with Crippen LogP contribution < -0.4 is 5.32 Å². The summed E-state index contributed by atoms with van der Waals surface area (Å²) in [5.74, 6) is 0. The number of benzene rings is 7. The molecule has 0 aliphatic heterocycles. The van der Waals surface area contributed by atoms with Crippen LogP contribution in [0.25, 0.3) is 65.7 Å². The van der Waals surface area contributed by atoms with Gasteiger partial charge in [0.2, 0.25) is 0 Å². The highest BCUT2D eigenvalue weighted by Gasteiger charge is 2.10. The fraction of sp³-hybridized carbons (Fsp3) is 0. The molecule has 0 fully saturated rings. The highest BCUT2D eigenvalue weighted by Crippen LogP contribution is 2.35. The van der Waals surface area contributed by atoms with Gasteiger partial charge in [-0.25, -0.2) is 0 Å². The molecule has 0 spiro atoms. The van der Waals surface area contributed by atoms with Gasteiger partial charge in [0.05, 0.1) is 0 Å². The third-order valence-electron chi connectivity index (χ3n) is 7.81. The Morgan fingerprint density at radius 3 is 1.93 bits per heavy atom. The lowest BCUT2D eigenvalue weighted by atomic mass is 9.95. The Morgan fingerprint density at radius 1 is 0.375 bits per heavy atom. The van der Waals surface area contributed by atoms with Gasteiger partial charge in [-0.2, -0.15) is 0 Å². The molecule has 188 valence electrons. The fourth-order valence-electron chi connectivity index (χ4n) is 5.77. The van der Waals surface area contributed by atoms with E-state index in [1.807, 2.05) is 0 Å². The van der Waals surface area contributed by atoms with Gasteiger partial charge in [0.1, 0.15) is 11.2 Å². The van der Waals surface area contributed by atoms with Crippen LogP contribution in [0.3, 0.4) is 0 Å². The minimum absolute atomic E-state index is 0.886. The molecular formula is C38H25NO. The van der Waals surface area contributed by atoms with E-state index in [1.54, 1.807) is 0 Å². The van der Waals surface area contributed by atoms with Crippen LogP contribution in [-0.2, 0) is 0 Å². The monoisotopic (exact) mass is 511 g/mol. The average molecular weight is 512 g/mol. The Morgan fingerprint density at radius 2 is 1.07 bits per heavy atom. The minimum atomic E-state index is 0.886. The Bertz CT molecular complexity index is 2170. The Labute approximate surface area is 232 Å². The summed E-state index contributed by atoms with van der Waals surface area (Å²) in [6.07, 6.45) is 0. The standard InChI is InChI=1S/C38H25NO/c1-2-7-25(8-3-1)30-14-13-26-11-6-12-33(35(26)21-30)27-15-17-31(18-16-27)39-32-19-20-34-36-22-28-9-4-5-10-29(28)23-37(36)40-38(34)24-32/h1-24,39H. The van der Waals surface area contributed by atoms with E-state index in [0.29, 0.717) is 0 Å². The molecule has 40 heavy (non-hydrogen) atoms. The van der Waals surface area contributed by atoms with Crippen molar-refractivity contribution in [3.63, 3.8) is 0 Å². The molecular weight excluding hydrogens is 486 g/mol. The number of hydrogen-bond donors (Lipinski definition) is 1. The number of anilines is 2. The van der Waals surface area contributed by atoms with Crippen molar-refractivity contribution in [1.82, 2.24) is 0 Å². The maximum atomic E-state index is 6.26. The van der Waals surface area contributed by atoms with E-state index in [9.17, 15) is 0 Å². The van der Waals surface area contributed by atoms with Gasteiger partial charge in [0, 0.05) is 28.2 Å². The van der Waals surface area contributed by atoms with E-state index in [2.05, 4.69) is 151 Å². The lowest BCUT2D eigenvalue weighted by Crippen LogP contribution is -1.90. The first-order valence-electron chi connectivity index (χ1n) is 13.6. The number of fused-ring (bicyclic) bond motifs is 5. The first kappa shape index (κ1) is 22.6. The van der Waals surface area contributed by atoms with Gasteiger partial charge in [-0.15, -0.1) is 0 Å². The lowest BCUT2D eigenvalue weighted by Gasteiger charge is -2.11. The van der Waals surface area contributed by atoms with Gasteiger partial charge in [-0.05, 0) is 86.3 Å². The van der Waals surface area contributed by atoms with Crippen molar-refractivity contribution >= 4 is 54.9 Å². The van der Waals surface area contributed by atoms with Crippen molar-refractivity contribution in [3.8, 4) is 22.3 Å². The van der Waals surface area contributed by atoms with Crippen LogP contribution in [0.2, 0.25) is 0 Å². The smallest absolute Gasteiger partial charge is 0.137 e. The molecule has 0 radical (unpaired) electrons. The topological polar surface area (TPSA) is 25.2 Å². The molecule has 2 heteroatoms. The summed E-state index contributed by atoms with van der Waals surface area (Å²) < 4.78 is 6.26. The molecule has 0 saturated heterocycles. The third kappa shape index (κ3) is 3.90. The Kier molecular flexibility index (Phi) is 5.17. The van der Waals surface area contributed by atoms with Crippen LogP contribution in [0.4, 0.5) is 11.4 Å². The molecule has 0 unspecified atom stereocenters. The van der Waals surface area contributed by atoms with Gasteiger partial charge >= 0.3 is 0 Å². The highest BCUT2D eigenvalue weighted by molar-refractivity contribution is 6.10. The number of nitrogens with one attached hydrogen (secondary N) is 1. The third-order valence-corrected chi connectivity index (χ3v) is 7.81. The zero-order valence-electron chi connectivity index (χ0n) is 21.8. The predicted molar refractivity (Wildman–Crippen MR) is 169 cm³/mol. The summed E-state index contributed by atoms with van der Waals surface area (Å²) in [7, 11) is 0. The first-order valence-corrected chi connectivity index (χ1v) is 13.6. The van der Waals surface area contributed by atoms with Crippen molar-refractivity contribution in [2.75, 3.05) is 5.32 Å². The van der Waals surface area contributed by atoms with Crippen LogP contribution in [0, 0.1) is 0 Å². The van der Waals surface area contributed by atoms with E-state index >= 15 is 0 Å². The fourth-order valence-corrected chi connectivity index (χ4v) is 5.77. The predicted octanol–water partition coefficient (Wildman–Crippen LogP) is 11.0. The molecule has 2 nitrogen and oxygen atoms in total. The molecule has 0 atom stereocenters. The average Bonchev–Trinajstić information content (AvgIpc) is 3.36. The zero-order chi connectivity index (χ0) is 26.5. The number of hydrogen-bond acceptors (Lipinski definition) is 2. The van der Waals surface area contributed by atoms with Crippen molar-refractivity contribution in [2.45, 2.75) is 0 Å². The molecule has 0 amide bonds. The summed E-state index contributed by atoms with van der Waals surface area (Å²) in [6, 6.07) is 51.6. The molecule has 1 N–H and O–H groups in total. The maximum Gasteiger partial charge on any atom is 0.137 e. The van der Waals surface area contributed by atoms with Crippen molar-refractivity contribution in [2.24, 2.45) is 0 Å². The largest absolute Gasteiger partial charge is 0.456 e. The van der Waals surface area contributed by atoms with Crippen molar-refractivity contribution in [3.05, 3.63) is 146 Å². The molecule has 8 aromatic rings. The van der Waals surface area contributed by atoms with E-state index in [1.165, 1.54) is 43.8 Å². The van der Waals surface area contributed by atoms with E-state index in [-0.39, 0.29) is 0 Å². The molecule has 0 aliphatic rings. The maximum absolute atomic E-state index is 6.26. The van der Waals surface area contributed by atoms with E-state index in [4.69, 9.17) is 4.42 Å². The number of rotatable bonds is 4. The summed E-state index contributed by atoms with van der Waals surface area (Å²) in [5, 5.41) is 10.8. The van der Waals surface area contributed by atoms with Crippen LogP contribution in [0.5, 0.6) is 0 Å². The summed E-state index contributed by atoms with van der Waals surface area (Å²) >= 11 is 0. The lowest BCUT2D eigenvalue weighted by molar-refractivity contribution is 0.669. The van der Waals surface area contributed by atoms with Gasteiger partial charge in [0.25, 0.3) is 0 Å². The molecule has 1 aromatic heterocycles. The Balaban J connectivity index is 1.11. The van der Waals surface area contributed by atoms with Gasteiger partial charge in [0.15, 0.2) is 0 Å². The van der Waals surface area contributed by atoms with Crippen molar-refractivity contribution in [1.29, 1.82) is 0 Å². The normalized spacial score (nSPS) is 11.5. The Hall–Kier alpha value is -5.34. The molecule has 1 heterocycles. The van der Waals surface area contributed by atoms with Crippen LogP contribution in [0.1, 0.15) is 0 Å². The summed E-state index contributed by atoms with van der Waals surface area (Å²) in [4.78, 5) is 0. The second-order valence-electron chi connectivity index (χ2n) is 10.3. The van der Waals surface area contributed by atoms with Gasteiger partial charge < -0.3 is 9.73 Å². The van der Waals surface area contributed by atoms with Crippen LogP contribution >= 0.6 is 0 Å². The van der Waals surface area contributed by atoms with E-state index < -0.39 is 0 Å². The van der Waals surface area contributed by atoms with Gasteiger partial charge in [-0.3, -0.25) is 0 Å². The summed E-state index contributed by atoms with van der Waals surface area (Å²) in [5.41, 5.74) is 8.73. The van der Waals surface area contributed by atoms with E-state index in [0.717, 1.165) is 33.3 Å². The van der Waals surface area contributed by atoms with Gasteiger partial charge in [-0.1, -0.05) is 97.1 Å². The minimum Gasteiger partial charge on any atom is -0.456 e. The van der Waals surface area contributed by atoms with Crippen LogP contribution in [0.15, 0.2) is 150 Å². The SMILES string of the molecule is c1ccc(-c2ccc3cccc(-c4ccc(Nc5ccc6c(c5)oc5cc7ccccc7cc56)cc4)c3c2)cc1. The van der Waals surface area contributed by atoms with Crippen LogP contribution in [-0.4, -0.2) is 0 Å². The molecule has 0 saturated carbocycles. The first-order chi connectivity index (χ1) is 19.8. The second-order valence-corrected chi connectivity index (χ2v) is 10.3. The highest BCUT2D eigenvalue weighted by atomic mass is 16.3. The molecule has 0 aliphatic carbocycles. The molecule has 8 rings (SSSR count). The molecule has 7 aromatic carbocycles. The number of furan rings is 1. The molecule has 0 bridgehead atoms. The zero-order valence-corrected chi connectivity index (χ0v) is 21.8. The quantitative estimate of drug-likeness (QED) is 0.254. The van der Waals surface area contributed by atoms with Crippen molar-refractivity contribution < 1.29 is 4.42 Å². The summed E-state index contributed by atoms with van der Waals surface area (Å²) in [6.45, 7) is 0. The second kappa shape index (κ2) is 9.14.